The van der Waals surface area contributed by atoms with Crippen molar-refractivity contribution in [2.75, 3.05) is 0 Å². The molecule has 0 unspecified atom stereocenters. The van der Waals surface area contributed by atoms with Crippen molar-refractivity contribution in [1.29, 1.82) is 0 Å². The van der Waals surface area contributed by atoms with Crippen LogP contribution in [0.3, 0.4) is 0 Å². The van der Waals surface area contributed by atoms with Crippen molar-refractivity contribution in [1.82, 2.24) is 0 Å². The van der Waals surface area contributed by atoms with Gasteiger partial charge in [-0.05, 0) is 32.1 Å². The lowest BCUT2D eigenvalue weighted by Crippen LogP contribution is -2.83. The summed E-state index contributed by atoms with van der Waals surface area (Å²) in [4.78, 5) is 25.4. The van der Waals surface area contributed by atoms with E-state index in [9.17, 15) is 24.9 Å². The Hall–Kier alpha value is -1.28. The third kappa shape index (κ3) is 2.63. The molecule has 3 fully saturated rings. The first-order valence-corrected chi connectivity index (χ1v) is 10.2. The molecule has 164 valence electrons. The number of aliphatic hydroxyl groups excluding tert-OH is 2. The lowest BCUT2D eigenvalue weighted by Gasteiger charge is -2.68. The molecule has 8 atom stereocenters. The van der Waals surface area contributed by atoms with Gasteiger partial charge in [-0.15, -0.1) is 6.58 Å². The van der Waals surface area contributed by atoms with Crippen LogP contribution in [0.15, 0.2) is 12.7 Å². The number of fused-ring (bicyclic) bond motifs is 2. The number of carbonyl (C=O) groups is 2. The van der Waals surface area contributed by atoms with Gasteiger partial charge in [0.1, 0.15) is 17.8 Å². The highest BCUT2D eigenvalue weighted by Gasteiger charge is 2.81. The average molecular weight is 411 g/mol. The first kappa shape index (κ1) is 22.4. The van der Waals surface area contributed by atoms with Crippen molar-refractivity contribution in [3.05, 3.63) is 12.7 Å². The van der Waals surface area contributed by atoms with Crippen LogP contribution < -0.4 is 0 Å². The summed E-state index contributed by atoms with van der Waals surface area (Å²) in [6, 6.07) is 0. The first-order valence-electron chi connectivity index (χ1n) is 10.2. The Kier molecular flexibility index (Phi) is 4.91. The summed E-state index contributed by atoms with van der Waals surface area (Å²) in [5.74, 6) is -1.63. The monoisotopic (exact) mass is 410 g/mol. The highest BCUT2D eigenvalue weighted by molar-refractivity contribution is 5.93. The van der Waals surface area contributed by atoms with Crippen LogP contribution in [0.5, 0.6) is 0 Å². The van der Waals surface area contributed by atoms with Crippen LogP contribution in [0.1, 0.15) is 60.8 Å². The van der Waals surface area contributed by atoms with Crippen molar-refractivity contribution in [3.8, 4) is 0 Å². The van der Waals surface area contributed by atoms with Gasteiger partial charge in [-0.25, -0.2) is 0 Å². The molecule has 0 amide bonds. The summed E-state index contributed by atoms with van der Waals surface area (Å²) < 4.78 is 11.9. The van der Waals surface area contributed by atoms with E-state index in [4.69, 9.17) is 9.47 Å². The summed E-state index contributed by atoms with van der Waals surface area (Å²) in [5.41, 5.74) is -6.86. The minimum Gasteiger partial charge on any atom is -0.459 e. The fourth-order valence-electron chi connectivity index (χ4n) is 6.60. The van der Waals surface area contributed by atoms with Crippen LogP contribution in [0.2, 0.25) is 0 Å². The van der Waals surface area contributed by atoms with Gasteiger partial charge in [-0.3, -0.25) is 9.59 Å². The fraction of sp³-hybridized carbons (Fsp3) is 0.818. The topological polar surface area (TPSA) is 113 Å². The quantitative estimate of drug-likeness (QED) is 0.467. The zero-order valence-electron chi connectivity index (χ0n) is 18.2. The van der Waals surface area contributed by atoms with Crippen LogP contribution in [-0.2, 0) is 19.1 Å². The second kappa shape index (κ2) is 6.36. The standard InChI is InChI=1S/C22H34O7/c1-8-19(5)11-14(25)22(29-19)20(6)13(24)9-10-18(3,4)16(20)15(28-12(2)23)17(26)21(22,7)27/h8,13,15-17,24,26-27H,1,9-11H2,2-7H3/t13-,15-,16-,17-,19-,20-,21+,22-/m0/s1. The van der Waals surface area contributed by atoms with E-state index in [-0.39, 0.29) is 6.42 Å². The highest BCUT2D eigenvalue weighted by atomic mass is 16.6. The summed E-state index contributed by atoms with van der Waals surface area (Å²) in [6.45, 7) is 13.7. The van der Waals surface area contributed by atoms with Crippen LogP contribution in [-0.4, -0.2) is 62.2 Å². The van der Waals surface area contributed by atoms with Gasteiger partial charge in [-0.1, -0.05) is 26.8 Å². The minimum atomic E-state index is -2.11. The molecule has 0 aromatic heterocycles. The number of ketones is 1. The number of esters is 1. The Bertz CT molecular complexity index is 743. The minimum absolute atomic E-state index is 0.0347. The molecule has 1 aliphatic heterocycles. The molecule has 2 saturated carbocycles. The molecule has 2 aliphatic carbocycles. The number of rotatable bonds is 2. The molecular weight excluding hydrogens is 376 g/mol. The Morgan fingerprint density at radius 1 is 1.24 bits per heavy atom. The molecule has 1 saturated heterocycles. The Morgan fingerprint density at radius 2 is 1.83 bits per heavy atom. The van der Waals surface area contributed by atoms with Crippen LogP contribution in [0, 0.1) is 16.7 Å². The second-order valence-electron chi connectivity index (χ2n) is 10.4. The Labute approximate surface area is 172 Å². The van der Waals surface area contributed by atoms with Crippen LogP contribution >= 0.6 is 0 Å². The lowest BCUT2D eigenvalue weighted by atomic mass is 9.40. The summed E-state index contributed by atoms with van der Waals surface area (Å²) >= 11 is 0. The van der Waals surface area contributed by atoms with Gasteiger partial charge in [-0.2, -0.15) is 0 Å². The number of hydrogen-bond donors (Lipinski definition) is 3. The van der Waals surface area contributed by atoms with E-state index in [0.717, 1.165) is 0 Å². The van der Waals surface area contributed by atoms with E-state index < -0.39 is 63.6 Å². The third-order valence-corrected chi connectivity index (χ3v) is 7.95. The molecule has 29 heavy (non-hydrogen) atoms. The molecule has 0 bridgehead atoms. The van der Waals surface area contributed by atoms with E-state index in [1.165, 1.54) is 19.9 Å². The zero-order valence-corrected chi connectivity index (χ0v) is 18.2. The SMILES string of the molecule is C=C[C@@]1(C)CC(=O)[C@]2(O1)[C@@]1(C)[C@@H](O)CCC(C)(C)[C@@H]1[C@H](OC(C)=O)[C@H](O)[C@@]2(C)O. The predicted molar refractivity (Wildman–Crippen MR) is 105 cm³/mol. The molecule has 3 rings (SSSR count). The van der Waals surface area contributed by atoms with E-state index in [2.05, 4.69) is 6.58 Å². The lowest BCUT2D eigenvalue weighted by molar-refractivity contribution is -0.350. The number of hydrogen-bond acceptors (Lipinski definition) is 7. The number of Topliss-reactive ketones (excluding diaryl/α,β-unsaturated/α-hetero) is 1. The maximum absolute atomic E-state index is 13.6. The molecule has 0 aromatic carbocycles. The summed E-state index contributed by atoms with van der Waals surface area (Å²) in [6.07, 6.45) is -1.22. The van der Waals surface area contributed by atoms with Crippen molar-refractivity contribution in [2.45, 2.75) is 95.9 Å². The average Bonchev–Trinajstić information content (AvgIpc) is 2.88. The second-order valence-corrected chi connectivity index (χ2v) is 10.4. The highest BCUT2D eigenvalue weighted by Crippen LogP contribution is 2.68. The maximum Gasteiger partial charge on any atom is 0.303 e. The molecule has 1 spiro atoms. The van der Waals surface area contributed by atoms with Gasteiger partial charge >= 0.3 is 5.97 Å². The van der Waals surface area contributed by atoms with Crippen LogP contribution in [0.4, 0.5) is 0 Å². The van der Waals surface area contributed by atoms with Crippen molar-refractivity contribution in [3.63, 3.8) is 0 Å². The number of carbonyl (C=O) groups excluding carboxylic acids is 2. The van der Waals surface area contributed by atoms with Crippen molar-refractivity contribution >= 4 is 11.8 Å². The molecule has 1 heterocycles. The predicted octanol–water partition coefficient (Wildman–Crippen LogP) is 1.52. The molecule has 3 N–H and O–H groups in total. The van der Waals surface area contributed by atoms with E-state index in [1.807, 2.05) is 13.8 Å². The van der Waals surface area contributed by atoms with Crippen molar-refractivity contribution < 1.29 is 34.4 Å². The largest absolute Gasteiger partial charge is 0.459 e. The third-order valence-electron chi connectivity index (χ3n) is 7.95. The first-order chi connectivity index (χ1) is 13.1. The van der Waals surface area contributed by atoms with Gasteiger partial charge in [0.25, 0.3) is 0 Å². The van der Waals surface area contributed by atoms with Gasteiger partial charge in [0.2, 0.25) is 0 Å². The normalized spacial score (nSPS) is 51.6. The molecule has 0 radical (unpaired) electrons. The number of aliphatic hydroxyl groups is 3. The van der Waals surface area contributed by atoms with Crippen molar-refractivity contribution in [2.24, 2.45) is 16.7 Å². The van der Waals surface area contributed by atoms with Gasteiger partial charge in [0, 0.05) is 24.7 Å². The van der Waals surface area contributed by atoms with Gasteiger partial charge in [0.05, 0.1) is 11.7 Å². The van der Waals surface area contributed by atoms with E-state index in [0.29, 0.717) is 12.8 Å². The molecule has 3 aliphatic rings. The molecule has 7 heteroatoms. The Morgan fingerprint density at radius 3 is 2.31 bits per heavy atom. The molecule has 7 nitrogen and oxygen atoms in total. The molecular formula is C22H34O7. The smallest absolute Gasteiger partial charge is 0.303 e. The fourth-order valence-corrected chi connectivity index (χ4v) is 6.60. The molecule has 0 aromatic rings. The van der Waals surface area contributed by atoms with Gasteiger partial charge < -0.3 is 24.8 Å². The van der Waals surface area contributed by atoms with Crippen LogP contribution in [0.25, 0.3) is 0 Å². The van der Waals surface area contributed by atoms with E-state index >= 15 is 0 Å². The van der Waals surface area contributed by atoms with E-state index in [1.54, 1.807) is 13.8 Å². The maximum atomic E-state index is 13.6. The Balaban J connectivity index is 2.34. The summed E-state index contributed by atoms with van der Waals surface area (Å²) in [5, 5.41) is 34.1. The zero-order chi connectivity index (χ0) is 22.2. The number of ether oxygens (including phenoxy) is 2. The van der Waals surface area contributed by atoms with Gasteiger partial charge in [0.15, 0.2) is 11.4 Å². The summed E-state index contributed by atoms with van der Waals surface area (Å²) in [7, 11) is 0.